The van der Waals surface area contributed by atoms with Crippen molar-refractivity contribution >= 4 is 17.4 Å². The third kappa shape index (κ3) is 2.49. The predicted molar refractivity (Wildman–Crippen MR) is 68.2 cm³/mol. The Labute approximate surface area is 104 Å². The summed E-state index contributed by atoms with van der Waals surface area (Å²) in [5.74, 6) is 6.13. The third-order valence-corrected chi connectivity index (χ3v) is 2.51. The van der Waals surface area contributed by atoms with Crippen LogP contribution >= 0.6 is 0 Å². The Morgan fingerprint density at radius 2 is 2.11 bits per heavy atom. The monoisotopic (exact) mass is 246 g/mol. The van der Waals surface area contributed by atoms with E-state index in [0.717, 1.165) is 11.3 Å². The standard InChI is InChI=1S/C12H14N4O2/c1-7-5-9(3-4-10(7)15-13)12(17)14-11-6-8(2)18-16-11/h3-6,15H,13H2,1-2H3,(H,14,16,17). The first-order valence-corrected chi connectivity index (χ1v) is 5.42. The molecule has 1 heterocycles. The van der Waals surface area contributed by atoms with Crippen LogP contribution in [0.1, 0.15) is 21.7 Å². The highest BCUT2D eigenvalue weighted by atomic mass is 16.5. The molecule has 0 saturated carbocycles. The number of aryl methyl sites for hydroxylation is 2. The summed E-state index contributed by atoms with van der Waals surface area (Å²) in [7, 11) is 0. The van der Waals surface area contributed by atoms with Crippen LogP contribution in [-0.2, 0) is 0 Å². The molecule has 0 aliphatic rings. The summed E-state index contributed by atoms with van der Waals surface area (Å²) in [6, 6.07) is 6.83. The minimum atomic E-state index is -0.241. The summed E-state index contributed by atoms with van der Waals surface area (Å²) in [6.07, 6.45) is 0. The van der Waals surface area contributed by atoms with Crippen LogP contribution in [0.3, 0.4) is 0 Å². The molecule has 0 aliphatic heterocycles. The number of amides is 1. The number of hydrogen-bond donors (Lipinski definition) is 3. The Morgan fingerprint density at radius 3 is 2.67 bits per heavy atom. The summed E-state index contributed by atoms with van der Waals surface area (Å²) < 4.78 is 4.87. The van der Waals surface area contributed by atoms with Gasteiger partial charge in [-0.05, 0) is 37.6 Å². The van der Waals surface area contributed by atoms with Gasteiger partial charge in [-0.25, -0.2) is 0 Å². The van der Waals surface area contributed by atoms with Gasteiger partial charge in [-0.3, -0.25) is 10.6 Å². The minimum absolute atomic E-state index is 0.241. The first-order valence-electron chi connectivity index (χ1n) is 5.42. The number of anilines is 2. The highest BCUT2D eigenvalue weighted by Crippen LogP contribution is 2.16. The molecule has 6 heteroatoms. The minimum Gasteiger partial charge on any atom is -0.360 e. The van der Waals surface area contributed by atoms with E-state index in [1.54, 1.807) is 31.2 Å². The number of nitrogens with two attached hydrogens (primary N) is 1. The van der Waals surface area contributed by atoms with Crippen molar-refractivity contribution in [2.45, 2.75) is 13.8 Å². The molecule has 94 valence electrons. The fraction of sp³-hybridized carbons (Fsp3) is 0.167. The van der Waals surface area contributed by atoms with E-state index >= 15 is 0 Å². The van der Waals surface area contributed by atoms with Gasteiger partial charge < -0.3 is 15.3 Å². The maximum Gasteiger partial charge on any atom is 0.256 e. The summed E-state index contributed by atoms with van der Waals surface area (Å²) in [4.78, 5) is 11.9. The molecule has 18 heavy (non-hydrogen) atoms. The number of hydrazine groups is 1. The summed E-state index contributed by atoms with van der Waals surface area (Å²) >= 11 is 0. The van der Waals surface area contributed by atoms with Gasteiger partial charge in [0.1, 0.15) is 5.76 Å². The Bertz CT molecular complexity index is 577. The number of carbonyl (C=O) groups is 1. The molecular weight excluding hydrogens is 232 g/mol. The largest absolute Gasteiger partial charge is 0.360 e. The molecule has 1 aromatic heterocycles. The van der Waals surface area contributed by atoms with E-state index in [9.17, 15) is 4.79 Å². The zero-order chi connectivity index (χ0) is 13.1. The van der Waals surface area contributed by atoms with Crippen molar-refractivity contribution in [3.8, 4) is 0 Å². The van der Waals surface area contributed by atoms with Gasteiger partial charge in [0, 0.05) is 11.6 Å². The van der Waals surface area contributed by atoms with Crippen LogP contribution in [0.25, 0.3) is 0 Å². The number of carbonyl (C=O) groups excluding carboxylic acids is 1. The van der Waals surface area contributed by atoms with Gasteiger partial charge in [-0.1, -0.05) is 5.16 Å². The summed E-state index contributed by atoms with van der Waals surface area (Å²) in [5, 5.41) is 6.35. The van der Waals surface area contributed by atoms with Gasteiger partial charge in [0.05, 0.1) is 5.69 Å². The lowest BCUT2D eigenvalue weighted by molar-refractivity contribution is 0.102. The number of aromatic nitrogens is 1. The highest BCUT2D eigenvalue weighted by molar-refractivity contribution is 6.04. The highest BCUT2D eigenvalue weighted by Gasteiger charge is 2.10. The van der Waals surface area contributed by atoms with Crippen LogP contribution in [0, 0.1) is 13.8 Å². The van der Waals surface area contributed by atoms with Gasteiger partial charge in [-0.2, -0.15) is 0 Å². The quantitative estimate of drug-likeness (QED) is 0.567. The third-order valence-electron chi connectivity index (χ3n) is 2.51. The van der Waals surface area contributed by atoms with Crippen LogP contribution in [-0.4, -0.2) is 11.1 Å². The molecule has 0 aliphatic carbocycles. The van der Waals surface area contributed by atoms with Gasteiger partial charge >= 0.3 is 0 Å². The van der Waals surface area contributed by atoms with E-state index in [-0.39, 0.29) is 5.91 Å². The zero-order valence-electron chi connectivity index (χ0n) is 10.2. The molecule has 0 fully saturated rings. The van der Waals surface area contributed by atoms with Gasteiger partial charge in [0.15, 0.2) is 5.82 Å². The number of nitrogens with one attached hydrogen (secondary N) is 2. The molecule has 4 N–H and O–H groups in total. The van der Waals surface area contributed by atoms with E-state index in [0.29, 0.717) is 17.1 Å². The number of nitrogen functional groups attached to an aromatic ring is 1. The molecule has 0 spiro atoms. The molecule has 0 atom stereocenters. The van der Waals surface area contributed by atoms with E-state index < -0.39 is 0 Å². The lowest BCUT2D eigenvalue weighted by Gasteiger charge is -2.07. The van der Waals surface area contributed by atoms with Gasteiger partial charge in [-0.15, -0.1) is 0 Å². The molecule has 0 saturated heterocycles. The van der Waals surface area contributed by atoms with Crippen LogP contribution in [0.5, 0.6) is 0 Å². The van der Waals surface area contributed by atoms with Crippen molar-refractivity contribution in [2.24, 2.45) is 5.84 Å². The van der Waals surface area contributed by atoms with Gasteiger partial charge in [0.25, 0.3) is 5.91 Å². The summed E-state index contributed by atoms with van der Waals surface area (Å²) in [5.41, 5.74) is 4.76. The van der Waals surface area contributed by atoms with Crippen molar-refractivity contribution in [1.82, 2.24) is 5.16 Å². The van der Waals surface area contributed by atoms with Crippen molar-refractivity contribution in [2.75, 3.05) is 10.7 Å². The number of benzene rings is 1. The van der Waals surface area contributed by atoms with Crippen LogP contribution in [0.4, 0.5) is 11.5 Å². The molecule has 0 radical (unpaired) electrons. The predicted octanol–water partition coefficient (Wildman–Crippen LogP) is 1.83. The Morgan fingerprint density at radius 1 is 1.33 bits per heavy atom. The first-order chi connectivity index (χ1) is 8.60. The molecular formula is C12H14N4O2. The van der Waals surface area contributed by atoms with Crippen molar-refractivity contribution in [1.29, 1.82) is 0 Å². The van der Waals surface area contributed by atoms with Crippen LogP contribution < -0.4 is 16.6 Å². The van der Waals surface area contributed by atoms with Gasteiger partial charge in [0.2, 0.25) is 0 Å². The van der Waals surface area contributed by atoms with Crippen molar-refractivity contribution < 1.29 is 9.32 Å². The number of nitrogens with zero attached hydrogens (tertiary/aromatic N) is 1. The fourth-order valence-corrected chi connectivity index (χ4v) is 1.58. The molecule has 6 nitrogen and oxygen atoms in total. The Kier molecular flexibility index (Phi) is 3.29. The van der Waals surface area contributed by atoms with E-state index in [2.05, 4.69) is 15.9 Å². The second-order valence-corrected chi connectivity index (χ2v) is 3.95. The molecule has 2 rings (SSSR count). The molecule has 0 bridgehead atoms. The van der Waals surface area contributed by atoms with E-state index in [1.165, 1.54) is 0 Å². The second kappa shape index (κ2) is 4.89. The lowest BCUT2D eigenvalue weighted by atomic mass is 10.1. The topological polar surface area (TPSA) is 93.2 Å². The first kappa shape index (κ1) is 12.1. The SMILES string of the molecule is Cc1cc(NC(=O)c2ccc(NN)c(C)c2)no1. The second-order valence-electron chi connectivity index (χ2n) is 3.95. The number of hydrogen-bond acceptors (Lipinski definition) is 5. The number of rotatable bonds is 3. The molecule has 1 amide bonds. The summed E-state index contributed by atoms with van der Waals surface area (Å²) in [6.45, 7) is 3.63. The smallest absolute Gasteiger partial charge is 0.256 e. The zero-order valence-corrected chi connectivity index (χ0v) is 10.2. The molecule has 2 aromatic rings. The Balaban J connectivity index is 2.16. The fourth-order valence-electron chi connectivity index (χ4n) is 1.58. The van der Waals surface area contributed by atoms with Crippen molar-refractivity contribution in [3.63, 3.8) is 0 Å². The molecule has 0 unspecified atom stereocenters. The van der Waals surface area contributed by atoms with E-state index in [4.69, 9.17) is 10.4 Å². The van der Waals surface area contributed by atoms with Crippen LogP contribution in [0.2, 0.25) is 0 Å². The van der Waals surface area contributed by atoms with E-state index in [1.807, 2.05) is 6.92 Å². The van der Waals surface area contributed by atoms with Crippen molar-refractivity contribution in [3.05, 3.63) is 41.2 Å². The average Bonchev–Trinajstić information content (AvgIpc) is 2.74. The molecule has 1 aromatic carbocycles. The average molecular weight is 246 g/mol. The Hall–Kier alpha value is -2.34. The normalized spacial score (nSPS) is 10.2. The van der Waals surface area contributed by atoms with Crippen LogP contribution in [0.15, 0.2) is 28.8 Å². The maximum absolute atomic E-state index is 11.9. The lowest BCUT2D eigenvalue weighted by Crippen LogP contribution is -2.13. The maximum atomic E-state index is 11.9.